The van der Waals surface area contributed by atoms with E-state index in [4.69, 9.17) is 5.11 Å². The van der Waals surface area contributed by atoms with Crippen LogP contribution in [0.2, 0.25) is 0 Å². The van der Waals surface area contributed by atoms with Gasteiger partial charge in [-0.3, -0.25) is 9.59 Å². The summed E-state index contributed by atoms with van der Waals surface area (Å²) in [4.78, 5) is 45.2. The van der Waals surface area contributed by atoms with E-state index in [2.05, 4.69) is 22.2 Å². The number of nitrogens with zero attached hydrogens (tertiary/aromatic N) is 1. The van der Waals surface area contributed by atoms with Gasteiger partial charge in [0.15, 0.2) is 0 Å². The summed E-state index contributed by atoms with van der Waals surface area (Å²) in [6, 6.07) is -0.919. The molecule has 146 valence electrons. The fourth-order valence-electron chi connectivity index (χ4n) is 3.50. The molecule has 0 saturated heterocycles. The molecule has 1 aliphatic rings. The van der Waals surface area contributed by atoms with Crippen LogP contribution < -0.4 is 10.9 Å². The molecule has 3 N–H and O–H groups in total. The first kappa shape index (κ1) is 19.5. The molecule has 1 amide bonds. The zero-order valence-corrected chi connectivity index (χ0v) is 16.6. The average Bonchev–Trinajstić information content (AvgIpc) is 2.94. The van der Waals surface area contributed by atoms with Gasteiger partial charge < -0.3 is 15.4 Å². The van der Waals surface area contributed by atoms with Gasteiger partial charge in [-0.1, -0.05) is 20.8 Å². The number of amides is 1. The molecule has 0 spiro atoms. The van der Waals surface area contributed by atoms with Crippen LogP contribution in [0.3, 0.4) is 0 Å². The number of carboxylic acids is 1. The summed E-state index contributed by atoms with van der Waals surface area (Å²) in [5.74, 6) is -0.537. The topological polar surface area (TPSA) is 112 Å². The number of H-pyrrole nitrogens is 1. The molecule has 0 bridgehead atoms. The summed E-state index contributed by atoms with van der Waals surface area (Å²) in [6.07, 6.45) is 3.32. The molecule has 2 heterocycles. The predicted octanol–water partition coefficient (Wildman–Crippen LogP) is 2.27. The molecule has 2 atom stereocenters. The average molecular weight is 391 g/mol. The Bertz CT molecular complexity index is 931. The molecule has 0 fully saturated rings. The van der Waals surface area contributed by atoms with Crippen LogP contribution in [0.25, 0.3) is 10.2 Å². The molecule has 0 aliphatic heterocycles. The van der Waals surface area contributed by atoms with Gasteiger partial charge in [-0.15, -0.1) is 11.3 Å². The van der Waals surface area contributed by atoms with Gasteiger partial charge in [0.25, 0.3) is 5.56 Å². The highest BCUT2D eigenvalue weighted by Crippen LogP contribution is 2.35. The van der Waals surface area contributed by atoms with Crippen molar-refractivity contribution in [1.82, 2.24) is 15.3 Å². The third-order valence-corrected chi connectivity index (χ3v) is 6.20. The van der Waals surface area contributed by atoms with Crippen molar-refractivity contribution in [2.24, 2.45) is 11.8 Å². The van der Waals surface area contributed by atoms with E-state index in [1.165, 1.54) is 4.88 Å². The monoisotopic (exact) mass is 391 g/mol. The number of thiophene rings is 1. The van der Waals surface area contributed by atoms with E-state index in [-0.39, 0.29) is 30.2 Å². The molecule has 1 aliphatic carbocycles. The first-order valence-electron chi connectivity index (χ1n) is 9.31. The number of carboxylic acid groups (broad SMARTS) is 1. The predicted molar refractivity (Wildman–Crippen MR) is 104 cm³/mol. The summed E-state index contributed by atoms with van der Waals surface area (Å²) >= 11 is 1.58. The molecule has 2 aromatic rings. The number of aryl methyl sites for hydroxylation is 2. The lowest BCUT2D eigenvalue weighted by atomic mass is 9.89. The standard InChI is InChI=1S/C19H25N3O4S/c1-9(2)16(19(25)26)22-14(23)7-6-13-20-17(24)15-11-5-4-10(3)8-12(11)27-18(15)21-13/h9-10,16H,4-8H2,1-3H3,(H,22,23)(H,25,26)(H,20,21,24)/t10?,16-/m0/s1. The van der Waals surface area contributed by atoms with Crippen molar-refractivity contribution in [2.75, 3.05) is 0 Å². The second-order valence-electron chi connectivity index (χ2n) is 7.67. The first-order chi connectivity index (χ1) is 12.8. The molecule has 1 unspecified atom stereocenters. The van der Waals surface area contributed by atoms with Crippen molar-refractivity contribution in [3.63, 3.8) is 0 Å². The number of rotatable bonds is 6. The van der Waals surface area contributed by atoms with E-state index >= 15 is 0 Å². The largest absolute Gasteiger partial charge is 0.480 e. The molecule has 0 radical (unpaired) electrons. The van der Waals surface area contributed by atoms with Crippen LogP contribution in [0.15, 0.2) is 4.79 Å². The van der Waals surface area contributed by atoms with Gasteiger partial charge in [-0.2, -0.15) is 0 Å². The number of fused-ring (bicyclic) bond motifs is 3. The van der Waals surface area contributed by atoms with Crippen LogP contribution in [0, 0.1) is 11.8 Å². The van der Waals surface area contributed by atoms with Gasteiger partial charge >= 0.3 is 5.97 Å². The van der Waals surface area contributed by atoms with Crippen molar-refractivity contribution in [2.45, 2.75) is 58.9 Å². The fourth-order valence-corrected chi connectivity index (χ4v) is 4.91. The van der Waals surface area contributed by atoms with E-state index in [1.54, 1.807) is 25.2 Å². The van der Waals surface area contributed by atoms with Crippen molar-refractivity contribution in [1.29, 1.82) is 0 Å². The molecular formula is C19H25N3O4S. The molecule has 2 aromatic heterocycles. The van der Waals surface area contributed by atoms with Crippen molar-refractivity contribution >= 4 is 33.4 Å². The highest BCUT2D eigenvalue weighted by Gasteiger charge is 2.24. The van der Waals surface area contributed by atoms with Gasteiger partial charge in [-0.05, 0) is 36.7 Å². The highest BCUT2D eigenvalue weighted by molar-refractivity contribution is 7.18. The lowest BCUT2D eigenvalue weighted by Crippen LogP contribution is -2.44. The summed E-state index contributed by atoms with van der Waals surface area (Å²) < 4.78 is 0. The number of carbonyl (C=O) groups excluding carboxylic acids is 1. The van der Waals surface area contributed by atoms with Crippen LogP contribution >= 0.6 is 11.3 Å². The SMILES string of the molecule is CC1CCc2c(sc3nc(CCC(=O)N[C@H](C(=O)O)C(C)C)[nH]c(=O)c23)C1. The Kier molecular flexibility index (Phi) is 5.64. The minimum absolute atomic E-state index is 0.0765. The first-order valence-corrected chi connectivity index (χ1v) is 10.1. The minimum Gasteiger partial charge on any atom is -0.480 e. The van der Waals surface area contributed by atoms with Crippen LogP contribution in [0.4, 0.5) is 0 Å². The Morgan fingerprint density at radius 3 is 2.81 bits per heavy atom. The summed E-state index contributed by atoms with van der Waals surface area (Å²) in [7, 11) is 0. The molecule has 3 rings (SSSR count). The molecule has 0 saturated carbocycles. The highest BCUT2D eigenvalue weighted by atomic mass is 32.1. The number of carbonyl (C=O) groups is 2. The Morgan fingerprint density at radius 1 is 1.41 bits per heavy atom. The molecule has 0 aromatic carbocycles. The molecule has 7 nitrogen and oxygen atoms in total. The second kappa shape index (κ2) is 7.80. The summed E-state index contributed by atoms with van der Waals surface area (Å²) in [5, 5.41) is 12.4. The quantitative estimate of drug-likeness (QED) is 0.699. The van der Waals surface area contributed by atoms with Gasteiger partial charge in [-0.25, -0.2) is 9.78 Å². The normalized spacial score (nSPS) is 17.7. The van der Waals surface area contributed by atoms with Crippen LogP contribution in [0.1, 0.15) is 49.9 Å². The number of aliphatic carboxylic acids is 1. The maximum Gasteiger partial charge on any atom is 0.326 e. The Balaban J connectivity index is 1.74. The van der Waals surface area contributed by atoms with Crippen molar-refractivity contribution in [3.8, 4) is 0 Å². The Labute approximate surface area is 161 Å². The number of nitrogens with one attached hydrogen (secondary N) is 2. The van der Waals surface area contributed by atoms with Gasteiger partial charge in [0.2, 0.25) is 5.91 Å². The third-order valence-electron chi connectivity index (χ3n) is 5.05. The zero-order valence-electron chi connectivity index (χ0n) is 15.8. The maximum atomic E-state index is 12.5. The maximum absolute atomic E-state index is 12.5. The lowest BCUT2D eigenvalue weighted by molar-refractivity contribution is -0.143. The second-order valence-corrected chi connectivity index (χ2v) is 8.76. The summed E-state index contributed by atoms with van der Waals surface area (Å²) in [5.41, 5.74) is 0.987. The van der Waals surface area contributed by atoms with Crippen LogP contribution in [-0.4, -0.2) is 33.0 Å². The van der Waals surface area contributed by atoms with E-state index in [9.17, 15) is 14.4 Å². The van der Waals surface area contributed by atoms with E-state index in [0.717, 1.165) is 29.7 Å². The Morgan fingerprint density at radius 2 is 2.15 bits per heavy atom. The number of aromatic amines is 1. The lowest BCUT2D eigenvalue weighted by Gasteiger charge is -2.17. The summed E-state index contributed by atoms with van der Waals surface area (Å²) in [6.45, 7) is 5.70. The van der Waals surface area contributed by atoms with Crippen molar-refractivity contribution < 1.29 is 14.7 Å². The third kappa shape index (κ3) is 4.21. The Hall–Kier alpha value is -2.22. The molecule has 27 heavy (non-hydrogen) atoms. The van der Waals surface area contributed by atoms with Crippen LogP contribution in [-0.2, 0) is 28.9 Å². The van der Waals surface area contributed by atoms with Crippen molar-refractivity contribution in [3.05, 3.63) is 26.6 Å². The smallest absolute Gasteiger partial charge is 0.326 e. The van der Waals surface area contributed by atoms with Crippen LogP contribution in [0.5, 0.6) is 0 Å². The van der Waals surface area contributed by atoms with E-state index in [0.29, 0.717) is 17.1 Å². The molecule has 8 heteroatoms. The minimum atomic E-state index is -1.05. The van der Waals surface area contributed by atoms with E-state index < -0.39 is 12.0 Å². The zero-order chi connectivity index (χ0) is 19.7. The number of hydrogen-bond donors (Lipinski definition) is 3. The molecular weight excluding hydrogens is 366 g/mol. The van der Waals surface area contributed by atoms with Gasteiger partial charge in [0.1, 0.15) is 16.7 Å². The van der Waals surface area contributed by atoms with Gasteiger partial charge in [0.05, 0.1) is 5.39 Å². The number of aromatic nitrogens is 2. The number of hydrogen-bond acceptors (Lipinski definition) is 5. The fraction of sp³-hybridized carbons (Fsp3) is 0.579. The van der Waals surface area contributed by atoms with Gasteiger partial charge in [0, 0.05) is 17.7 Å². The van der Waals surface area contributed by atoms with E-state index in [1.807, 2.05) is 0 Å².